The highest BCUT2D eigenvalue weighted by Crippen LogP contribution is 2.16. The Morgan fingerprint density at radius 1 is 1.38 bits per heavy atom. The topological polar surface area (TPSA) is 82.2 Å². The molecule has 0 bridgehead atoms. The molecule has 0 aliphatic carbocycles. The van der Waals surface area contributed by atoms with Gasteiger partial charge in [-0.1, -0.05) is 12.1 Å². The van der Waals surface area contributed by atoms with Crippen LogP contribution in [0.15, 0.2) is 42.7 Å². The molecule has 1 amide bonds. The van der Waals surface area contributed by atoms with Crippen molar-refractivity contribution in [1.29, 1.82) is 0 Å². The van der Waals surface area contributed by atoms with Gasteiger partial charge in [-0.25, -0.2) is 0 Å². The highest BCUT2D eigenvalue weighted by Gasteiger charge is 2.31. The highest BCUT2D eigenvalue weighted by molar-refractivity contribution is 5.93. The van der Waals surface area contributed by atoms with E-state index >= 15 is 0 Å². The summed E-state index contributed by atoms with van der Waals surface area (Å²) in [5, 5.41) is 7.04. The van der Waals surface area contributed by atoms with Gasteiger partial charge < -0.3 is 15.8 Å². The number of hydrogen-bond acceptors (Lipinski definition) is 4. The van der Waals surface area contributed by atoms with E-state index in [1.54, 1.807) is 6.20 Å². The van der Waals surface area contributed by atoms with Gasteiger partial charge in [0, 0.05) is 24.1 Å². The van der Waals surface area contributed by atoms with E-state index in [1.807, 2.05) is 41.2 Å². The third-order valence-electron chi connectivity index (χ3n) is 3.59. The van der Waals surface area contributed by atoms with Crippen LogP contribution in [0.1, 0.15) is 5.56 Å². The third kappa shape index (κ3) is 3.29. The van der Waals surface area contributed by atoms with Crippen molar-refractivity contribution in [3.63, 3.8) is 0 Å². The number of carbonyl (C=O) groups excluding carboxylic acids is 1. The van der Waals surface area contributed by atoms with E-state index in [9.17, 15) is 4.79 Å². The van der Waals surface area contributed by atoms with Gasteiger partial charge in [-0.15, -0.1) is 0 Å². The maximum atomic E-state index is 12.1. The number of rotatable bonds is 4. The predicted octanol–water partition coefficient (Wildman–Crippen LogP) is 0.844. The molecule has 1 aliphatic rings. The summed E-state index contributed by atoms with van der Waals surface area (Å²) >= 11 is 0. The quantitative estimate of drug-likeness (QED) is 0.872. The Morgan fingerprint density at radius 2 is 2.19 bits per heavy atom. The molecule has 110 valence electrons. The van der Waals surface area contributed by atoms with Gasteiger partial charge in [0.05, 0.1) is 25.7 Å². The first kappa shape index (κ1) is 13.8. The van der Waals surface area contributed by atoms with E-state index in [1.165, 1.54) is 0 Å². The van der Waals surface area contributed by atoms with E-state index in [2.05, 4.69) is 10.4 Å². The van der Waals surface area contributed by atoms with Crippen LogP contribution in [0.25, 0.3) is 0 Å². The molecule has 3 rings (SSSR count). The van der Waals surface area contributed by atoms with Crippen LogP contribution in [0.4, 0.5) is 5.69 Å². The second-order valence-electron chi connectivity index (χ2n) is 5.20. The number of nitrogens with two attached hydrogens (primary N) is 1. The number of ether oxygens (including phenoxy) is 1. The van der Waals surface area contributed by atoms with Gasteiger partial charge in [0.2, 0.25) is 5.91 Å². The summed E-state index contributed by atoms with van der Waals surface area (Å²) in [6, 6.07) is 9.40. The second kappa shape index (κ2) is 6.07. The Morgan fingerprint density at radius 3 is 2.81 bits per heavy atom. The van der Waals surface area contributed by atoms with Gasteiger partial charge in [0.15, 0.2) is 0 Å². The second-order valence-corrected chi connectivity index (χ2v) is 5.20. The normalized spacial score (nSPS) is 21.4. The van der Waals surface area contributed by atoms with Gasteiger partial charge in [-0.3, -0.25) is 9.48 Å². The number of nitrogens with zero attached hydrogens (tertiary/aromatic N) is 2. The number of anilines is 1. The molecule has 21 heavy (non-hydrogen) atoms. The van der Waals surface area contributed by atoms with Gasteiger partial charge in [-0.2, -0.15) is 5.10 Å². The summed E-state index contributed by atoms with van der Waals surface area (Å²) in [5.41, 5.74) is 7.73. The molecule has 1 saturated heterocycles. The fourth-order valence-electron chi connectivity index (χ4n) is 2.35. The smallest absolute Gasteiger partial charge is 0.231 e. The van der Waals surface area contributed by atoms with Crippen molar-refractivity contribution in [3.05, 3.63) is 48.3 Å². The third-order valence-corrected chi connectivity index (χ3v) is 3.59. The number of amides is 1. The molecule has 0 spiro atoms. The molecule has 2 heterocycles. The minimum atomic E-state index is -0.270. The molecule has 1 aromatic carbocycles. The molecule has 6 nitrogen and oxygen atoms in total. The van der Waals surface area contributed by atoms with Crippen LogP contribution in [0.3, 0.4) is 0 Å². The monoisotopic (exact) mass is 286 g/mol. The van der Waals surface area contributed by atoms with Crippen LogP contribution in [-0.2, 0) is 16.1 Å². The first-order valence-electron chi connectivity index (χ1n) is 6.93. The average molecular weight is 286 g/mol. The van der Waals surface area contributed by atoms with Crippen molar-refractivity contribution in [3.8, 4) is 0 Å². The van der Waals surface area contributed by atoms with Gasteiger partial charge in [0.1, 0.15) is 0 Å². The van der Waals surface area contributed by atoms with Crippen LogP contribution in [0.5, 0.6) is 0 Å². The summed E-state index contributed by atoms with van der Waals surface area (Å²) in [4.78, 5) is 12.1. The fraction of sp³-hybridized carbons (Fsp3) is 0.333. The Kier molecular flexibility index (Phi) is 3.98. The van der Waals surface area contributed by atoms with E-state index < -0.39 is 0 Å². The Labute approximate surface area is 122 Å². The first-order valence-corrected chi connectivity index (χ1v) is 6.93. The lowest BCUT2D eigenvalue weighted by Crippen LogP contribution is -2.37. The summed E-state index contributed by atoms with van der Waals surface area (Å²) in [7, 11) is 0. The van der Waals surface area contributed by atoms with Gasteiger partial charge in [0.25, 0.3) is 0 Å². The molecule has 0 saturated carbocycles. The van der Waals surface area contributed by atoms with Crippen molar-refractivity contribution in [1.82, 2.24) is 9.78 Å². The zero-order valence-corrected chi connectivity index (χ0v) is 11.6. The Balaban J connectivity index is 1.60. The number of aromatic nitrogens is 2. The lowest BCUT2D eigenvalue weighted by atomic mass is 10.0. The van der Waals surface area contributed by atoms with Crippen LogP contribution in [-0.4, -0.2) is 34.9 Å². The highest BCUT2D eigenvalue weighted by atomic mass is 16.5. The standard InChI is InChI=1S/C15H18N4O2/c16-14-10-21-9-13(14)15(20)18-12-4-2-11(3-5-12)8-19-7-1-6-17-19/h1-7,13-14H,8-10,16H2,(H,18,20). The van der Waals surface area contributed by atoms with E-state index in [0.717, 1.165) is 11.3 Å². The van der Waals surface area contributed by atoms with Crippen LogP contribution >= 0.6 is 0 Å². The lowest BCUT2D eigenvalue weighted by molar-refractivity contribution is -0.120. The van der Waals surface area contributed by atoms with E-state index in [-0.39, 0.29) is 17.9 Å². The molecule has 0 radical (unpaired) electrons. The minimum absolute atomic E-state index is 0.0835. The van der Waals surface area contributed by atoms with E-state index in [0.29, 0.717) is 19.8 Å². The molecule has 6 heteroatoms. The van der Waals surface area contributed by atoms with Crippen molar-refractivity contribution in [2.75, 3.05) is 18.5 Å². The van der Waals surface area contributed by atoms with E-state index in [4.69, 9.17) is 10.5 Å². The van der Waals surface area contributed by atoms with Crippen LogP contribution in [0.2, 0.25) is 0 Å². The van der Waals surface area contributed by atoms with Crippen molar-refractivity contribution < 1.29 is 9.53 Å². The maximum absolute atomic E-state index is 12.1. The molecule has 2 atom stereocenters. The van der Waals surface area contributed by atoms with Gasteiger partial charge in [-0.05, 0) is 23.8 Å². The summed E-state index contributed by atoms with van der Waals surface area (Å²) in [5.74, 6) is -0.353. The molecule has 1 fully saturated rings. The molecule has 2 aromatic rings. The average Bonchev–Trinajstić information content (AvgIpc) is 3.12. The Bertz CT molecular complexity index is 595. The molecular formula is C15H18N4O2. The van der Waals surface area contributed by atoms with Crippen molar-refractivity contribution >= 4 is 11.6 Å². The fourth-order valence-corrected chi connectivity index (χ4v) is 2.35. The first-order chi connectivity index (χ1) is 10.2. The lowest BCUT2D eigenvalue weighted by Gasteiger charge is -2.13. The summed E-state index contributed by atoms with van der Waals surface area (Å²) in [6.07, 6.45) is 3.67. The molecule has 3 N–H and O–H groups in total. The molecule has 2 unspecified atom stereocenters. The predicted molar refractivity (Wildman–Crippen MR) is 78.7 cm³/mol. The minimum Gasteiger partial charge on any atom is -0.379 e. The van der Waals surface area contributed by atoms with Crippen LogP contribution < -0.4 is 11.1 Å². The summed E-state index contributed by atoms with van der Waals surface area (Å²) in [6.45, 7) is 1.55. The van der Waals surface area contributed by atoms with Gasteiger partial charge >= 0.3 is 0 Å². The zero-order chi connectivity index (χ0) is 14.7. The molecule has 1 aliphatic heterocycles. The Hall–Kier alpha value is -2.18. The summed E-state index contributed by atoms with van der Waals surface area (Å²) < 4.78 is 7.06. The number of nitrogens with one attached hydrogen (secondary N) is 1. The van der Waals surface area contributed by atoms with Crippen molar-refractivity contribution in [2.45, 2.75) is 12.6 Å². The molecule has 1 aromatic heterocycles. The number of hydrogen-bond donors (Lipinski definition) is 2. The maximum Gasteiger partial charge on any atom is 0.231 e. The largest absolute Gasteiger partial charge is 0.379 e. The zero-order valence-electron chi connectivity index (χ0n) is 11.6. The van der Waals surface area contributed by atoms with Crippen molar-refractivity contribution in [2.24, 2.45) is 11.7 Å². The molecular weight excluding hydrogens is 268 g/mol. The SMILES string of the molecule is NC1COCC1C(=O)Nc1ccc(Cn2cccn2)cc1. The van der Waals surface area contributed by atoms with Crippen LogP contribution in [0, 0.1) is 5.92 Å². The number of benzene rings is 1. The number of carbonyl (C=O) groups is 1.